The van der Waals surface area contributed by atoms with Crippen LogP contribution in [0.4, 0.5) is 5.69 Å². The van der Waals surface area contributed by atoms with E-state index < -0.39 is 5.60 Å². The summed E-state index contributed by atoms with van der Waals surface area (Å²) >= 11 is 1.67. The average Bonchev–Trinajstić information content (AvgIpc) is 3.55. The number of anilines is 1. The van der Waals surface area contributed by atoms with Crippen molar-refractivity contribution in [2.45, 2.75) is 59.0 Å². The molecule has 1 aromatic carbocycles. The number of rotatable bonds is 13. The molecule has 0 radical (unpaired) electrons. The summed E-state index contributed by atoms with van der Waals surface area (Å²) in [6.07, 6.45) is 16.5. The molecule has 1 aliphatic heterocycles. The molecule has 2 aromatic rings. The molecule has 6 nitrogen and oxygen atoms in total. The molecule has 0 bridgehead atoms. The normalized spacial score (nSPS) is 15.6. The number of methoxy groups -OCH3 is 1. The Morgan fingerprint density at radius 2 is 1.69 bits per heavy atom. The molecule has 0 fully saturated rings. The van der Waals surface area contributed by atoms with Gasteiger partial charge in [-0.1, -0.05) is 44.9 Å². The summed E-state index contributed by atoms with van der Waals surface area (Å²) in [5, 5.41) is 9.24. The van der Waals surface area contributed by atoms with Crippen molar-refractivity contribution < 1.29 is 9.47 Å². The van der Waals surface area contributed by atoms with Gasteiger partial charge < -0.3 is 14.4 Å². The van der Waals surface area contributed by atoms with Crippen LogP contribution in [-0.2, 0) is 4.74 Å². The summed E-state index contributed by atoms with van der Waals surface area (Å²) in [5.74, 6) is 0.925. The third-order valence-corrected chi connectivity index (χ3v) is 7.89. The standard InChI is InChI=1S/C35H38N4O2S/c1-8-10-22-39(23-11-9-2)27-18-16-26(32(24-27)40-7)17-19-29-21-20-28(42-29)14-12-13-15-30-33(38-6)34(31(25-36)37-5)41-35(30,3)4/h12-21,24H,8-11,22-23H2,1-4,7H3/b14-12+,15-13+,19-17+,34-31+. The highest BCUT2D eigenvalue weighted by Crippen LogP contribution is 2.41. The van der Waals surface area contributed by atoms with Gasteiger partial charge in [-0.2, -0.15) is 0 Å². The summed E-state index contributed by atoms with van der Waals surface area (Å²) in [5.41, 5.74) is 2.08. The number of nitriles is 1. The summed E-state index contributed by atoms with van der Waals surface area (Å²) in [6.45, 7) is 25.0. The molecule has 0 atom stereocenters. The molecule has 1 aromatic heterocycles. The molecule has 2 heterocycles. The molecular weight excluding hydrogens is 540 g/mol. The fourth-order valence-electron chi connectivity index (χ4n) is 4.57. The molecule has 216 valence electrons. The summed E-state index contributed by atoms with van der Waals surface area (Å²) in [6, 6.07) is 12.4. The molecule has 7 heteroatoms. The van der Waals surface area contributed by atoms with E-state index >= 15 is 0 Å². The Kier molecular flexibility index (Phi) is 11.8. The summed E-state index contributed by atoms with van der Waals surface area (Å²) in [4.78, 5) is 11.4. The van der Waals surface area contributed by atoms with Gasteiger partial charge in [0.05, 0.1) is 26.3 Å². The Morgan fingerprint density at radius 1 is 1.02 bits per heavy atom. The molecule has 0 aliphatic carbocycles. The molecule has 1 aliphatic rings. The lowest BCUT2D eigenvalue weighted by molar-refractivity contribution is 0.0951. The number of hydrogen-bond acceptors (Lipinski definition) is 5. The summed E-state index contributed by atoms with van der Waals surface area (Å²) < 4.78 is 11.6. The van der Waals surface area contributed by atoms with E-state index in [9.17, 15) is 5.26 Å². The third-order valence-electron chi connectivity index (χ3n) is 6.88. The second-order valence-electron chi connectivity index (χ2n) is 10.3. The van der Waals surface area contributed by atoms with Crippen molar-refractivity contribution in [3.05, 3.63) is 109 Å². The van der Waals surface area contributed by atoms with E-state index in [4.69, 9.17) is 22.6 Å². The van der Waals surface area contributed by atoms with Crippen molar-refractivity contribution in [2.24, 2.45) is 0 Å². The zero-order chi connectivity index (χ0) is 30.5. The highest BCUT2D eigenvalue weighted by atomic mass is 32.1. The van der Waals surface area contributed by atoms with Gasteiger partial charge >= 0.3 is 0 Å². The average molecular weight is 579 g/mol. The number of thiophene rings is 1. The summed E-state index contributed by atoms with van der Waals surface area (Å²) in [7, 11) is 1.72. The zero-order valence-corrected chi connectivity index (χ0v) is 25.9. The topological polar surface area (TPSA) is 54.2 Å². The SMILES string of the molecule is [C-]#[N+]C1=C(/C=C/C=C/c2ccc(/C=C/c3ccc(N(CCCC)CCCC)cc3OC)s2)C(C)(C)O/C1=C(\C#N)[N+]#[C-]. The van der Waals surface area contributed by atoms with Gasteiger partial charge in [0.25, 0.3) is 5.70 Å². The van der Waals surface area contributed by atoms with E-state index in [1.165, 1.54) is 31.4 Å². The molecular formula is C35H38N4O2S. The lowest BCUT2D eigenvalue weighted by Gasteiger charge is -2.25. The molecule has 0 amide bonds. The van der Waals surface area contributed by atoms with Crippen LogP contribution in [0.1, 0.15) is 68.7 Å². The first-order valence-corrected chi connectivity index (χ1v) is 15.0. The first kappa shape index (κ1) is 32.0. The second kappa shape index (κ2) is 15.5. The van der Waals surface area contributed by atoms with Gasteiger partial charge in [0, 0.05) is 45.7 Å². The van der Waals surface area contributed by atoms with Gasteiger partial charge in [0.15, 0.2) is 0 Å². The van der Waals surface area contributed by atoms with Crippen molar-refractivity contribution in [1.82, 2.24) is 0 Å². The minimum Gasteiger partial charge on any atom is -0.505 e. The molecule has 42 heavy (non-hydrogen) atoms. The Bertz CT molecular complexity index is 1510. The van der Waals surface area contributed by atoms with Crippen LogP contribution in [0.25, 0.3) is 27.9 Å². The molecule has 0 saturated heterocycles. The van der Waals surface area contributed by atoms with Crippen molar-refractivity contribution >= 4 is 35.3 Å². The lowest BCUT2D eigenvalue weighted by atomic mass is 9.97. The van der Waals surface area contributed by atoms with E-state index in [1.54, 1.807) is 18.4 Å². The van der Waals surface area contributed by atoms with Crippen molar-refractivity contribution in [3.63, 3.8) is 0 Å². The van der Waals surface area contributed by atoms with Gasteiger partial charge in [0.2, 0.25) is 5.70 Å². The zero-order valence-electron chi connectivity index (χ0n) is 25.1. The monoisotopic (exact) mass is 578 g/mol. The number of unbranched alkanes of at least 4 members (excludes halogenated alkanes) is 2. The molecule has 0 unspecified atom stereocenters. The van der Waals surface area contributed by atoms with Crippen LogP contribution in [0.5, 0.6) is 5.75 Å². The van der Waals surface area contributed by atoms with Gasteiger partial charge in [-0.3, -0.25) is 0 Å². The van der Waals surface area contributed by atoms with Crippen molar-refractivity contribution in [3.8, 4) is 11.8 Å². The maximum absolute atomic E-state index is 9.24. The van der Waals surface area contributed by atoms with Gasteiger partial charge in [-0.05, 0) is 69.2 Å². The van der Waals surface area contributed by atoms with Crippen LogP contribution in [0, 0.1) is 24.5 Å². The largest absolute Gasteiger partial charge is 0.505 e. The maximum atomic E-state index is 9.24. The first-order chi connectivity index (χ1) is 20.3. The maximum Gasteiger partial charge on any atom is 0.292 e. The van der Waals surface area contributed by atoms with E-state index in [0.717, 1.165) is 34.2 Å². The smallest absolute Gasteiger partial charge is 0.292 e. The fraction of sp³-hybridized carbons (Fsp3) is 0.343. The number of hydrogen-bond donors (Lipinski definition) is 0. The number of allylic oxidation sites excluding steroid dienone is 3. The highest BCUT2D eigenvalue weighted by molar-refractivity contribution is 7.13. The minimum absolute atomic E-state index is 0.0578. The van der Waals surface area contributed by atoms with Crippen LogP contribution in [-0.4, -0.2) is 25.8 Å². The van der Waals surface area contributed by atoms with Crippen molar-refractivity contribution in [2.75, 3.05) is 25.1 Å². The predicted octanol–water partition coefficient (Wildman–Crippen LogP) is 9.54. The van der Waals surface area contributed by atoms with Crippen LogP contribution in [0.15, 0.2) is 71.3 Å². The third kappa shape index (κ3) is 8.03. The number of benzene rings is 1. The Morgan fingerprint density at radius 3 is 2.29 bits per heavy atom. The van der Waals surface area contributed by atoms with Crippen LogP contribution in [0.2, 0.25) is 0 Å². The number of ether oxygens (including phenoxy) is 2. The van der Waals surface area contributed by atoms with E-state index in [1.807, 2.05) is 44.2 Å². The van der Waals surface area contributed by atoms with Crippen LogP contribution in [0.3, 0.4) is 0 Å². The Hall–Kier alpha value is -4.51. The fourth-order valence-corrected chi connectivity index (χ4v) is 5.39. The lowest BCUT2D eigenvalue weighted by Crippen LogP contribution is -2.25. The van der Waals surface area contributed by atoms with Gasteiger partial charge in [-0.25, -0.2) is 15.0 Å². The second-order valence-corrected chi connectivity index (χ2v) is 11.4. The van der Waals surface area contributed by atoms with Crippen LogP contribution >= 0.6 is 11.3 Å². The minimum atomic E-state index is -0.810. The van der Waals surface area contributed by atoms with Gasteiger partial charge in [-0.15, -0.1) is 11.3 Å². The Labute approximate surface area is 254 Å². The highest BCUT2D eigenvalue weighted by Gasteiger charge is 2.38. The first-order valence-electron chi connectivity index (χ1n) is 14.2. The van der Waals surface area contributed by atoms with E-state index in [0.29, 0.717) is 5.57 Å². The van der Waals surface area contributed by atoms with Gasteiger partial charge in [0.1, 0.15) is 17.1 Å². The molecule has 0 spiro atoms. The molecule has 0 N–H and O–H groups in total. The quantitative estimate of drug-likeness (QED) is 0.135. The number of nitrogens with zero attached hydrogens (tertiary/aromatic N) is 4. The predicted molar refractivity (Wildman–Crippen MR) is 174 cm³/mol. The van der Waals surface area contributed by atoms with E-state index in [2.05, 4.69) is 70.9 Å². The molecule has 3 rings (SSSR count). The Balaban J connectivity index is 1.74. The van der Waals surface area contributed by atoms with E-state index in [-0.39, 0.29) is 17.2 Å². The molecule has 0 saturated carbocycles. The van der Waals surface area contributed by atoms with Crippen molar-refractivity contribution in [1.29, 1.82) is 5.26 Å². The van der Waals surface area contributed by atoms with Crippen LogP contribution < -0.4 is 9.64 Å².